The Hall–Kier alpha value is -1.00. The summed E-state index contributed by atoms with van der Waals surface area (Å²) in [5.41, 5.74) is -2.92. The number of nitriles is 1. The van der Waals surface area contributed by atoms with Gasteiger partial charge in [0.15, 0.2) is 8.32 Å². The van der Waals surface area contributed by atoms with Crippen molar-refractivity contribution in [3.05, 3.63) is 12.3 Å². The molecule has 0 aliphatic heterocycles. The fourth-order valence-electron chi connectivity index (χ4n) is 1.03. The maximum atomic E-state index is 12.9. The summed E-state index contributed by atoms with van der Waals surface area (Å²) in [5, 5.41) is 8.80. The van der Waals surface area contributed by atoms with Gasteiger partial charge < -0.3 is 9.16 Å². The molecule has 1 atom stereocenters. The molecule has 0 saturated heterocycles. The quantitative estimate of drug-likeness (QED) is 0.567. The standard InChI is InChI=1S/C10H16F3NO2Si/c1-5-15-7-6-9(8-14,10(11,12)13)16-17(2,3)4/h6-7H,5H2,1-4H3/b7-6+. The first-order valence-corrected chi connectivity index (χ1v) is 8.46. The predicted molar refractivity (Wildman–Crippen MR) is 59.6 cm³/mol. The van der Waals surface area contributed by atoms with Crippen molar-refractivity contribution < 1.29 is 22.3 Å². The van der Waals surface area contributed by atoms with Crippen molar-refractivity contribution in [1.82, 2.24) is 0 Å². The van der Waals surface area contributed by atoms with Crippen LogP contribution in [-0.2, 0) is 9.16 Å². The predicted octanol–water partition coefficient (Wildman–Crippen LogP) is 3.21. The van der Waals surface area contributed by atoms with Crippen LogP contribution in [0.2, 0.25) is 19.6 Å². The smallest absolute Gasteiger partial charge is 0.434 e. The molecule has 0 aromatic heterocycles. The Morgan fingerprint density at radius 3 is 2.12 bits per heavy atom. The van der Waals surface area contributed by atoms with Crippen molar-refractivity contribution in [2.75, 3.05) is 6.61 Å². The van der Waals surface area contributed by atoms with Crippen molar-refractivity contribution in [3.8, 4) is 6.07 Å². The second-order valence-electron chi connectivity index (χ2n) is 4.32. The van der Waals surface area contributed by atoms with Gasteiger partial charge in [0.25, 0.3) is 5.60 Å². The highest BCUT2D eigenvalue weighted by atomic mass is 28.4. The monoisotopic (exact) mass is 267 g/mol. The van der Waals surface area contributed by atoms with E-state index in [0.717, 1.165) is 6.26 Å². The molecule has 98 valence electrons. The molecule has 0 fully saturated rings. The molecule has 0 rings (SSSR count). The van der Waals surface area contributed by atoms with Crippen LogP contribution in [0.4, 0.5) is 13.2 Å². The number of hydrogen-bond donors (Lipinski definition) is 0. The first-order valence-electron chi connectivity index (χ1n) is 5.05. The average molecular weight is 267 g/mol. The summed E-state index contributed by atoms with van der Waals surface area (Å²) in [6.45, 7) is 6.60. The zero-order chi connectivity index (χ0) is 13.7. The molecule has 0 aromatic rings. The topological polar surface area (TPSA) is 42.2 Å². The Morgan fingerprint density at radius 2 is 1.82 bits per heavy atom. The Kier molecular flexibility index (Phi) is 5.23. The number of ether oxygens (including phenoxy) is 1. The summed E-state index contributed by atoms with van der Waals surface area (Å²) in [6.07, 6.45) is -3.32. The van der Waals surface area contributed by atoms with Crippen LogP contribution in [0, 0.1) is 11.3 Å². The molecule has 7 heteroatoms. The molecule has 0 radical (unpaired) electrons. The molecule has 17 heavy (non-hydrogen) atoms. The summed E-state index contributed by atoms with van der Waals surface area (Å²) in [4.78, 5) is 0. The molecule has 0 N–H and O–H groups in total. The molecular formula is C10H16F3NO2Si. The first kappa shape index (κ1) is 16.0. The van der Waals surface area contributed by atoms with E-state index >= 15 is 0 Å². The van der Waals surface area contributed by atoms with Crippen molar-refractivity contribution >= 4 is 8.32 Å². The van der Waals surface area contributed by atoms with Crippen LogP contribution in [0.25, 0.3) is 0 Å². The Labute approximate surface area is 100.0 Å². The van der Waals surface area contributed by atoms with E-state index in [1.165, 1.54) is 6.07 Å². The fraction of sp³-hybridized carbons (Fsp3) is 0.700. The first-order chi connectivity index (χ1) is 7.58. The molecule has 0 aliphatic rings. The van der Waals surface area contributed by atoms with Gasteiger partial charge in [0.05, 0.1) is 12.9 Å². The third kappa shape index (κ3) is 4.79. The lowest BCUT2D eigenvalue weighted by atomic mass is 10.1. The van der Waals surface area contributed by atoms with Crippen LogP contribution in [0.1, 0.15) is 6.92 Å². The summed E-state index contributed by atoms with van der Waals surface area (Å²) in [7, 11) is -2.53. The average Bonchev–Trinajstić information content (AvgIpc) is 2.12. The van der Waals surface area contributed by atoms with Crippen molar-refractivity contribution in [2.45, 2.75) is 38.3 Å². The molecule has 0 spiro atoms. The van der Waals surface area contributed by atoms with E-state index in [0.29, 0.717) is 6.08 Å². The van der Waals surface area contributed by atoms with E-state index < -0.39 is 20.1 Å². The van der Waals surface area contributed by atoms with Crippen LogP contribution in [0.5, 0.6) is 0 Å². The van der Waals surface area contributed by atoms with Gasteiger partial charge in [-0.3, -0.25) is 0 Å². The highest BCUT2D eigenvalue weighted by molar-refractivity contribution is 6.69. The summed E-state index contributed by atoms with van der Waals surface area (Å²) < 4.78 is 48.4. The maximum absolute atomic E-state index is 12.9. The van der Waals surface area contributed by atoms with E-state index in [1.807, 2.05) is 0 Å². The van der Waals surface area contributed by atoms with Gasteiger partial charge in [-0.2, -0.15) is 18.4 Å². The molecule has 0 saturated carbocycles. The van der Waals surface area contributed by atoms with E-state index in [2.05, 4.69) is 0 Å². The number of hydrogen-bond acceptors (Lipinski definition) is 3. The lowest BCUT2D eigenvalue weighted by Gasteiger charge is -2.32. The minimum Gasteiger partial charge on any atom is -0.502 e. The maximum Gasteiger partial charge on any atom is 0.434 e. The van der Waals surface area contributed by atoms with Gasteiger partial charge in [0.1, 0.15) is 6.07 Å². The Morgan fingerprint density at radius 1 is 1.29 bits per heavy atom. The van der Waals surface area contributed by atoms with Crippen molar-refractivity contribution in [3.63, 3.8) is 0 Å². The van der Waals surface area contributed by atoms with Gasteiger partial charge in [0.2, 0.25) is 0 Å². The summed E-state index contributed by atoms with van der Waals surface area (Å²) >= 11 is 0. The lowest BCUT2D eigenvalue weighted by molar-refractivity contribution is -0.211. The third-order valence-corrected chi connectivity index (χ3v) is 2.55. The Balaban J connectivity index is 5.27. The zero-order valence-corrected chi connectivity index (χ0v) is 11.3. The van der Waals surface area contributed by atoms with Gasteiger partial charge in [-0.1, -0.05) is 0 Å². The van der Waals surface area contributed by atoms with Gasteiger partial charge in [0, 0.05) is 6.08 Å². The van der Waals surface area contributed by atoms with Crippen LogP contribution in [-0.4, -0.2) is 26.7 Å². The van der Waals surface area contributed by atoms with E-state index in [9.17, 15) is 13.2 Å². The molecule has 3 nitrogen and oxygen atoms in total. The minimum absolute atomic E-state index is 0.225. The van der Waals surface area contributed by atoms with Crippen LogP contribution in [0.3, 0.4) is 0 Å². The van der Waals surface area contributed by atoms with Crippen LogP contribution in [0.15, 0.2) is 12.3 Å². The zero-order valence-electron chi connectivity index (χ0n) is 10.3. The van der Waals surface area contributed by atoms with E-state index in [4.69, 9.17) is 14.4 Å². The highest BCUT2D eigenvalue weighted by Gasteiger charge is 2.57. The van der Waals surface area contributed by atoms with E-state index in [1.54, 1.807) is 26.6 Å². The Bertz CT molecular complexity index is 317. The van der Waals surface area contributed by atoms with Gasteiger partial charge in [-0.05, 0) is 26.6 Å². The molecule has 0 bridgehead atoms. The molecule has 0 heterocycles. The van der Waals surface area contributed by atoms with Crippen molar-refractivity contribution in [2.24, 2.45) is 0 Å². The number of alkyl halides is 3. The van der Waals surface area contributed by atoms with Gasteiger partial charge in [-0.25, -0.2) is 0 Å². The second-order valence-corrected chi connectivity index (χ2v) is 8.75. The molecule has 0 aromatic carbocycles. The third-order valence-electron chi connectivity index (χ3n) is 1.62. The number of rotatable bonds is 5. The molecular weight excluding hydrogens is 251 g/mol. The van der Waals surface area contributed by atoms with E-state index in [-0.39, 0.29) is 6.61 Å². The SMILES string of the molecule is CCO/C=C/C(C#N)(O[Si](C)(C)C)C(F)(F)F. The lowest BCUT2D eigenvalue weighted by Crippen LogP contribution is -2.50. The minimum atomic E-state index is -4.80. The molecule has 0 aliphatic carbocycles. The molecule has 0 amide bonds. The summed E-state index contributed by atoms with van der Waals surface area (Å²) in [6, 6.07) is 1.19. The number of halogens is 3. The number of nitrogens with zero attached hydrogens (tertiary/aromatic N) is 1. The largest absolute Gasteiger partial charge is 0.502 e. The van der Waals surface area contributed by atoms with Crippen LogP contribution < -0.4 is 0 Å². The van der Waals surface area contributed by atoms with Gasteiger partial charge >= 0.3 is 6.18 Å². The van der Waals surface area contributed by atoms with Crippen molar-refractivity contribution in [1.29, 1.82) is 5.26 Å². The summed E-state index contributed by atoms with van der Waals surface area (Å²) in [5.74, 6) is 0. The highest BCUT2D eigenvalue weighted by Crippen LogP contribution is 2.36. The molecule has 1 unspecified atom stereocenters. The fourth-order valence-corrected chi connectivity index (χ4v) is 2.23. The van der Waals surface area contributed by atoms with Gasteiger partial charge in [-0.15, -0.1) is 0 Å². The second kappa shape index (κ2) is 5.56. The normalized spacial score (nSPS) is 16.6. The van der Waals surface area contributed by atoms with Crippen LogP contribution >= 0.6 is 0 Å².